The van der Waals surface area contributed by atoms with Gasteiger partial charge in [0, 0.05) is 110 Å². The van der Waals surface area contributed by atoms with Crippen LogP contribution in [-0.2, 0) is 30.6 Å². The second-order valence-corrected chi connectivity index (χ2v) is 25.8. The van der Waals surface area contributed by atoms with Gasteiger partial charge >= 0.3 is 0 Å². The molecule has 6 aliphatic carbocycles. The maximum Gasteiger partial charge on any atom is 0.246 e. The zero-order valence-corrected chi connectivity index (χ0v) is 48.5. The fraction of sp³-hybridized carbons (Fsp3) is 0.571. The van der Waals surface area contributed by atoms with Gasteiger partial charge in [0.2, 0.25) is 17.7 Å². The average Bonchev–Trinajstić information content (AvgIpc) is 1.53. The summed E-state index contributed by atoms with van der Waals surface area (Å²) in [6, 6.07) is 0.309. The summed E-state index contributed by atoms with van der Waals surface area (Å²) in [6.07, 6.45) is 28.8. The Morgan fingerprint density at radius 3 is 1.01 bits per heavy atom. The van der Waals surface area contributed by atoms with Crippen molar-refractivity contribution in [2.24, 2.45) is 17.8 Å². The highest BCUT2D eigenvalue weighted by atomic mass is 19.2. The van der Waals surface area contributed by atoms with E-state index in [0.717, 1.165) is 183 Å². The summed E-state index contributed by atoms with van der Waals surface area (Å²) in [5.41, 5.74) is 0.522. The van der Waals surface area contributed by atoms with E-state index in [1.54, 1.807) is 20.8 Å². The first-order valence-corrected chi connectivity index (χ1v) is 30.5. The molecule has 12 atom stereocenters. The van der Waals surface area contributed by atoms with Crippen LogP contribution in [0.3, 0.4) is 0 Å². The van der Waals surface area contributed by atoms with E-state index in [1.807, 2.05) is 33.3 Å². The zero-order chi connectivity index (χ0) is 58.6. The lowest BCUT2D eigenvalue weighted by Gasteiger charge is -2.33. The number of aromatic nitrogens is 9. The standard InChI is InChI=1S/3C21H26FN5O/c3*1-3-16(28)27-9-5-6-13(11-27)26-19-17-14(10-23-18(17)24-12-25-19)21-8-4-7-15(21)20(21,2)22/h3*3,10,12-13,15H,1,4-9,11H2,2H3,(H2,23,24,25,26)/t13-,15?,20?,21?;13-,15+,20?,21-;13-,15-,20?,21+/m111/s1. The molecule has 0 radical (unpaired) electrons. The fourth-order valence-corrected chi connectivity index (χ4v) is 17.7. The summed E-state index contributed by atoms with van der Waals surface area (Å²) in [5, 5.41) is 13.3. The first-order chi connectivity index (χ1) is 40.5. The maximum atomic E-state index is 15.3. The highest BCUT2D eigenvalue weighted by molar-refractivity contribution is 5.95. The van der Waals surface area contributed by atoms with Crippen LogP contribution in [0.2, 0.25) is 0 Å². The number of carbonyl (C=O) groups excluding carboxylic acids is 3. The second kappa shape index (κ2) is 20.7. The molecule has 3 aliphatic heterocycles. The van der Waals surface area contributed by atoms with Crippen molar-refractivity contribution in [2.75, 3.05) is 55.2 Å². The Kier molecular flexibility index (Phi) is 13.8. The number of likely N-dealkylation sites (tertiary alicyclic amines) is 3. The highest BCUT2D eigenvalue weighted by Gasteiger charge is 2.80. The van der Waals surface area contributed by atoms with Crippen LogP contribution in [0.5, 0.6) is 0 Å². The predicted molar refractivity (Wildman–Crippen MR) is 318 cm³/mol. The van der Waals surface area contributed by atoms with Crippen LogP contribution in [0, 0.1) is 17.8 Å². The summed E-state index contributed by atoms with van der Waals surface area (Å²) in [6.45, 7) is 20.1. The molecular formula is C63H78F3N15O3. The molecule has 6 N–H and O–H groups in total. The lowest BCUT2D eigenvalue weighted by atomic mass is 9.90. The second-order valence-electron chi connectivity index (χ2n) is 25.8. The van der Waals surface area contributed by atoms with Crippen molar-refractivity contribution in [3.8, 4) is 0 Å². The van der Waals surface area contributed by atoms with Gasteiger partial charge in [0.1, 0.15) is 70.4 Å². The summed E-state index contributed by atoms with van der Waals surface area (Å²) in [4.78, 5) is 77.8. The van der Waals surface area contributed by atoms with Crippen LogP contribution in [0.1, 0.15) is 134 Å². The SMILES string of the molecule is C=CC(=O)N1CCC[C@@H](Nc2ncnc3[nH]cc(C45CCCC4C5(C)F)c23)C1.C=CC(=O)N1CCC[C@@H](Nc2ncnc3[nH]cc([C@@]45CCC[C@@H]4C5(C)F)c23)C1.C=CC(=O)N1CCC[C@@H](Nc2ncnc3[nH]cc([C@]45CCC[C@H]4C5(C)F)c23)C1. The molecule has 0 bridgehead atoms. The van der Waals surface area contributed by atoms with Crippen molar-refractivity contribution >= 4 is 68.3 Å². The third kappa shape index (κ3) is 8.56. The van der Waals surface area contributed by atoms with Gasteiger partial charge in [0.25, 0.3) is 0 Å². The fourth-order valence-electron chi connectivity index (χ4n) is 17.7. The molecule has 5 unspecified atom stereocenters. The van der Waals surface area contributed by atoms with Crippen molar-refractivity contribution < 1.29 is 27.6 Å². The molecule has 3 amide bonds. The van der Waals surface area contributed by atoms with Crippen LogP contribution >= 0.6 is 0 Å². The smallest absolute Gasteiger partial charge is 0.246 e. The van der Waals surface area contributed by atoms with Crippen molar-refractivity contribution in [3.05, 3.63) is 92.2 Å². The molecule has 444 valence electrons. The number of halogens is 3. The van der Waals surface area contributed by atoms with Gasteiger partial charge in [-0.15, -0.1) is 0 Å². The largest absolute Gasteiger partial charge is 0.365 e. The Morgan fingerprint density at radius 1 is 0.476 bits per heavy atom. The molecule has 6 aromatic heterocycles. The number of fused-ring (bicyclic) bond motifs is 6. The zero-order valence-electron chi connectivity index (χ0n) is 48.5. The number of rotatable bonds is 12. The number of nitrogens with zero attached hydrogens (tertiary/aromatic N) is 9. The molecule has 6 saturated carbocycles. The van der Waals surface area contributed by atoms with E-state index in [9.17, 15) is 14.4 Å². The molecule has 9 fully saturated rings. The third-order valence-electron chi connectivity index (χ3n) is 21.9. The van der Waals surface area contributed by atoms with Crippen LogP contribution in [0.25, 0.3) is 33.1 Å². The van der Waals surface area contributed by atoms with Crippen molar-refractivity contribution in [1.82, 2.24) is 59.6 Å². The van der Waals surface area contributed by atoms with E-state index in [2.05, 4.69) is 80.5 Å². The number of piperidine rings is 3. The first kappa shape index (κ1) is 55.8. The number of amides is 3. The van der Waals surface area contributed by atoms with Gasteiger partial charge < -0.3 is 45.6 Å². The van der Waals surface area contributed by atoms with E-state index in [0.29, 0.717) is 19.6 Å². The number of aromatic amines is 3. The molecule has 15 rings (SSSR count). The van der Waals surface area contributed by atoms with Crippen LogP contribution in [-0.4, -0.2) is 152 Å². The Balaban J connectivity index is 0.000000118. The summed E-state index contributed by atoms with van der Waals surface area (Å²) in [5.74, 6) is 2.35. The van der Waals surface area contributed by atoms with Crippen molar-refractivity contribution in [1.29, 1.82) is 0 Å². The Labute approximate surface area is 487 Å². The van der Waals surface area contributed by atoms with Gasteiger partial charge in [-0.05, 0) is 133 Å². The monoisotopic (exact) mass is 1150 g/mol. The van der Waals surface area contributed by atoms with Crippen LogP contribution in [0.4, 0.5) is 30.6 Å². The summed E-state index contributed by atoms with van der Waals surface area (Å²) < 4.78 is 45.9. The Hall–Kier alpha value is -7.32. The molecule has 0 spiro atoms. The predicted octanol–water partition coefficient (Wildman–Crippen LogP) is 9.98. The topological polar surface area (TPSA) is 222 Å². The first-order valence-electron chi connectivity index (χ1n) is 30.5. The minimum absolute atomic E-state index is 0.0412. The number of hydrogen-bond donors (Lipinski definition) is 6. The van der Waals surface area contributed by atoms with Gasteiger partial charge in [0.05, 0.1) is 16.2 Å². The van der Waals surface area contributed by atoms with Crippen molar-refractivity contribution in [3.63, 3.8) is 0 Å². The number of nitrogens with one attached hydrogen (secondary N) is 6. The minimum atomic E-state index is -1.16. The lowest BCUT2D eigenvalue weighted by Crippen LogP contribution is -2.44. The molecular weight excluding hydrogens is 1070 g/mol. The normalized spacial score (nSPS) is 34.3. The van der Waals surface area contributed by atoms with E-state index >= 15 is 13.2 Å². The molecule has 84 heavy (non-hydrogen) atoms. The number of alkyl halides is 3. The van der Waals surface area contributed by atoms with Gasteiger partial charge in [-0.2, -0.15) is 0 Å². The van der Waals surface area contributed by atoms with Gasteiger partial charge in [-0.3, -0.25) is 14.4 Å². The van der Waals surface area contributed by atoms with Crippen LogP contribution in [0.15, 0.2) is 75.5 Å². The average molecular weight is 1150 g/mol. The van der Waals surface area contributed by atoms with Gasteiger partial charge in [-0.25, -0.2) is 43.1 Å². The number of hydrogen-bond acceptors (Lipinski definition) is 12. The number of H-pyrrole nitrogens is 3. The van der Waals surface area contributed by atoms with E-state index in [4.69, 9.17) is 0 Å². The Bertz CT molecular complexity index is 3230. The highest BCUT2D eigenvalue weighted by Crippen LogP contribution is 2.76. The number of carbonyl (C=O) groups is 3. The molecule has 9 aliphatic rings. The molecule has 18 nitrogen and oxygen atoms in total. The van der Waals surface area contributed by atoms with E-state index in [-0.39, 0.29) is 53.6 Å². The third-order valence-corrected chi connectivity index (χ3v) is 21.9. The van der Waals surface area contributed by atoms with Crippen molar-refractivity contribution in [2.45, 2.75) is 168 Å². The molecule has 3 saturated heterocycles. The Morgan fingerprint density at radius 2 is 0.762 bits per heavy atom. The lowest BCUT2D eigenvalue weighted by molar-refractivity contribution is -0.127. The maximum absolute atomic E-state index is 15.3. The molecule has 6 aromatic rings. The summed E-state index contributed by atoms with van der Waals surface area (Å²) in [7, 11) is 0. The van der Waals surface area contributed by atoms with Crippen LogP contribution < -0.4 is 16.0 Å². The van der Waals surface area contributed by atoms with E-state index in [1.165, 1.54) is 37.2 Å². The van der Waals surface area contributed by atoms with E-state index < -0.39 is 33.3 Å². The quantitative estimate of drug-likeness (QED) is 0.0631. The molecule has 0 aromatic carbocycles. The minimum Gasteiger partial charge on any atom is -0.365 e. The number of anilines is 3. The molecule has 21 heteroatoms. The van der Waals surface area contributed by atoms with Gasteiger partial charge in [-0.1, -0.05) is 39.0 Å². The summed E-state index contributed by atoms with van der Waals surface area (Å²) >= 11 is 0. The van der Waals surface area contributed by atoms with Gasteiger partial charge in [0.15, 0.2) is 0 Å². The molecule has 9 heterocycles.